The fourth-order valence-electron chi connectivity index (χ4n) is 2.74. The first-order valence-corrected chi connectivity index (χ1v) is 8.69. The van der Waals surface area contributed by atoms with Gasteiger partial charge in [-0.2, -0.15) is 0 Å². The number of rotatable bonds is 6. The van der Waals surface area contributed by atoms with Crippen LogP contribution < -0.4 is 5.56 Å². The van der Waals surface area contributed by atoms with E-state index in [0.717, 1.165) is 23.5 Å². The van der Waals surface area contributed by atoms with Gasteiger partial charge in [0, 0.05) is 11.9 Å². The van der Waals surface area contributed by atoms with Crippen LogP contribution in [0.25, 0.3) is 5.69 Å². The van der Waals surface area contributed by atoms with E-state index in [4.69, 9.17) is 0 Å². The van der Waals surface area contributed by atoms with Gasteiger partial charge in [-0.25, -0.2) is 4.68 Å². The number of hydrogen-bond acceptors (Lipinski definition) is 2. The van der Waals surface area contributed by atoms with Crippen LogP contribution >= 0.6 is 0 Å². The number of aromatic amines is 1. The summed E-state index contributed by atoms with van der Waals surface area (Å²) in [4.78, 5) is 17.1. The molecular formula is C21H23N3O. The van der Waals surface area contributed by atoms with Crippen molar-refractivity contribution in [1.29, 1.82) is 0 Å². The van der Waals surface area contributed by atoms with E-state index in [1.165, 1.54) is 18.4 Å². The maximum Gasteiger partial charge on any atom is 0.280 e. The molecule has 3 aromatic rings. The van der Waals surface area contributed by atoms with Crippen molar-refractivity contribution in [2.24, 2.45) is 4.99 Å². The first-order chi connectivity index (χ1) is 12.2. The van der Waals surface area contributed by atoms with Crippen LogP contribution in [0.3, 0.4) is 0 Å². The number of para-hydroxylation sites is 1. The third kappa shape index (κ3) is 3.97. The van der Waals surface area contributed by atoms with Gasteiger partial charge in [0.25, 0.3) is 5.56 Å². The second-order valence-electron chi connectivity index (χ2n) is 6.15. The molecule has 0 atom stereocenters. The van der Waals surface area contributed by atoms with Crippen LogP contribution in [-0.4, -0.2) is 16.0 Å². The summed E-state index contributed by atoms with van der Waals surface area (Å²) in [6, 6.07) is 17.7. The molecule has 1 N–H and O–H groups in total. The summed E-state index contributed by atoms with van der Waals surface area (Å²) in [7, 11) is 0. The molecule has 0 radical (unpaired) electrons. The number of nitrogens with zero attached hydrogens (tertiary/aromatic N) is 2. The van der Waals surface area contributed by atoms with Gasteiger partial charge in [0.1, 0.15) is 0 Å². The second kappa shape index (κ2) is 7.79. The minimum atomic E-state index is -0.0907. The van der Waals surface area contributed by atoms with E-state index in [0.29, 0.717) is 5.56 Å². The number of benzene rings is 2. The van der Waals surface area contributed by atoms with Crippen molar-refractivity contribution in [2.75, 3.05) is 0 Å². The highest BCUT2D eigenvalue weighted by Gasteiger charge is 2.10. The topological polar surface area (TPSA) is 50.1 Å². The molecule has 4 nitrogen and oxygen atoms in total. The fourth-order valence-corrected chi connectivity index (χ4v) is 2.74. The predicted octanol–water partition coefficient (Wildman–Crippen LogP) is 4.57. The molecule has 0 aliphatic rings. The van der Waals surface area contributed by atoms with Gasteiger partial charge in [0.2, 0.25) is 0 Å². The molecule has 0 amide bonds. The second-order valence-corrected chi connectivity index (χ2v) is 6.15. The first-order valence-electron chi connectivity index (χ1n) is 8.69. The smallest absolute Gasteiger partial charge is 0.280 e. The van der Waals surface area contributed by atoms with Crippen molar-refractivity contribution in [3.63, 3.8) is 0 Å². The summed E-state index contributed by atoms with van der Waals surface area (Å²) < 4.78 is 1.55. The van der Waals surface area contributed by atoms with Gasteiger partial charge in [0.05, 0.1) is 16.9 Å². The molecule has 0 saturated carbocycles. The summed E-state index contributed by atoms with van der Waals surface area (Å²) in [6.07, 6.45) is 5.14. The molecule has 128 valence electrons. The zero-order valence-electron chi connectivity index (χ0n) is 14.7. The van der Waals surface area contributed by atoms with Crippen LogP contribution in [0.15, 0.2) is 64.4 Å². The van der Waals surface area contributed by atoms with Gasteiger partial charge >= 0.3 is 0 Å². The van der Waals surface area contributed by atoms with Crippen molar-refractivity contribution < 1.29 is 0 Å². The number of H-pyrrole nitrogens is 1. The van der Waals surface area contributed by atoms with E-state index in [1.807, 2.05) is 49.4 Å². The zero-order valence-corrected chi connectivity index (χ0v) is 14.7. The van der Waals surface area contributed by atoms with E-state index >= 15 is 0 Å². The average molecular weight is 333 g/mol. The van der Waals surface area contributed by atoms with Crippen LogP contribution in [-0.2, 0) is 6.42 Å². The van der Waals surface area contributed by atoms with Crippen LogP contribution in [0.1, 0.15) is 36.6 Å². The number of aryl methyl sites for hydroxylation is 2. The zero-order chi connectivity index (χ0) is 17.6. The molecular weight excluding hydrogens is 310 g/mol. The van der Waals surface area contributed by atoms with Gasteiger partial charge in [0.15, 0.2) is 0 Å². The number of hydrogen-bond donors (Lipinski definition) is 1. The SMILES string of the molecule is CCCCc1ccc(N=Cc2c(C)[nH]n(-c3ccccc3)c2=O)cc1. The molecule has 0 unspecified atom stereocenters. The molecule has 0 saturated heterocycles. The van der Waals surface area contributed by atoms with Crippen molar-refractivity contribution >= 4 is 11.9 Å². The lowest BCUT2D eigenvalue weighted by atomic mass is 10.1. The molecule has 0 bridgehead atoms. The van der Waals surface area contributed by atoms with E-state index in [2.05, 4.69) is 29.1 Å². The Hall–Kier alpha value is -2.88. The Morgan fingerprint density at radius 3 is 2.48 bits per heavy atom. The molecule has 1 aromatic heterocycles. The maximum atomic E-state index is 12.6. The Kier molecular flexibility index (Phi) is 5.29. The molecule has 0 fully saturated rings. The van der Waals surface area contributed by atoms with Crippen LogP contribution in [0.4, 0.5) is 5.69 Å². The maximum absolute atomic E-state index is 12.6. The highest BCUT2D eigenvalue weighted by molar-refractivity contribution is 5.83. The molecule has 0 aliphatic heterocycles. The summed E-state index contributed by atoms with van der Waals surface area (Å²) in [6.45, 7) is 4.08. The van der Waals surface area contributed by atoms with E-state index in [-0.39, 0.29) is 5.56 Å². The Labute approximate surface area is 147 Å². The number of aliphatic imine (C=N–C) groups is 1. The Bertz CT molecular complexity index is 903. The third-order valence-corrected chi connectivity index (χ3v) is 4.23. The molecule has 25 heavy (non-hydrogen) atoms. The van der Waals surface area contributed by atoms with Crippen molar-refractivity contribution in [1.82, 2.24) is 9.78 Å². The molecule has 1 heterocycles. The normalized spacial score (nSPS) is 11.3. The van der Waals surface area contributed by atoms with E-state index in [1.54, 1.807) is 10.9 Å². The standard InChI is InChI=1S/C21H23N3O/c1-3-4-8-17-11-13-18(14-12-17)22-15-20-16(2)23-24(21(20)25)19-9-6-5-7-10-19/h5-7,9-15,23H,3-4,8H2,1-2H3. The van der Waals surface area contributed by atoms with Gasteiger partial charge in [-0.1, -0.05) is 43.7 Å². The van der Waals surface area contributed by atoms with Crippen LogP contribution in [0.2, 0.25) is 0 Å². The Balaban J connectivity index is 1.82. The van der Waals surface area contributed by atoms with Gasteiger partial charge in [-0.3, -0.25) is 14.9 Å². The Morgan fingerprint density at radius 2 is 1.80 bits per heavy atom. The fraction of sp³-hybridized carbons (Fsp3) is 0.238. The summed E-state index contributed by atoms with van der Waals surface area (Å²) in [5.74, 6) is 0. The number of aromatic nitrogens is 2. The van der Waals surface area contributed by atoms with Crippen molar-refractivity contribution in [3.05, 3.63) is 81.8 Å². The van der Waals surface area contributed by atoms with Crippen molar-refractivity contribution in [3.8, 4) is 5.69 Å². The van der Waals surface area contributed by atoms with Gasteiger partial charge in [-0.05, 0) is 49.6 Å². The number of unbranched alkanes of at least 4 members (excludes halogenated alkanes) is 1. The van der Waals surface area contributed by atoms with Gasteiger partial charge < -0.3 is 0 Å². The molecule has 3 rings (SSSR count). The molecule has 4 heteroatoms. The summed E-state index contributed by atoms with van der Waals surface area (Å²) in [5.41, 5.74) is 4.29. The lowest BCUT2D eigenvalue weighted by Gasteiger charge is -2.00. The largest absolute Gasteiger partial charge is 0.295 e. The van der Waals surface area contributed by atoms with Crippen LogP contribution in [0, 0.1) is 6.92 Å². The average Bonchev–Trinajstić information content (AvgIpc) is 2.94. The van der Waals surface area contributed by atoms with Gasteiger partial charge in [-0.15, -0.1) is 0 Å². The summed E-state index contributed by atoms with van der Waals surface area (Å²) in [5, 5.41) is 3.11. The lowest BCUT2D eigenvalue weighted by molar-refractivity contribution is 0.795. The first kappa shape index (κ1) is 17.0. The molecule has 2 aromatic carbocycles. The van der Waals surface area contributed by atoms with E-state index in [9.17, 15) is 4.79 Å². The minimum Gasteiger partial charge on any atom is -0.295 e. The Morgan fingerprint density at radius 1 is 1.08 bits per heavy atom. The molecule has 0 aliphatic carbocycles. The summed E-state index contributed by atoms with van der Waals surface area (Å²) >= 11 is 0. The minimum absolute atomic E-state index is 0.0907. The van der Waals surface area contributed by atoms with Crippen LogP contribution in [0.5, 0.6) is 0 Å². The van der Waals surface area contributed by atoms with Crippen molar-refractivity contribution in [2.45, 2.75) is 33.1 Å². The highest BCUT2D eigenvalue weighted by atomic mass is 16.1. The monoisotopic (exact) mass is 333 g/mol. The third-order valence-electron chi connectivity index (χ3n) is 4.23. The predicted molar refractivity (Wildman–Crippen MR) is 103 cm³/mol. The number of nitrogens with one attached hydrogen (secondary N) is 1. The molecule has 0 spiro atoms. The quantitative estimate of drug-likeness (QED) is 0.660. The highest BCUT2D eigenvalue weighted by Crippen LogP contribution is 2.15. The van der Waals surface area contributed by atoms with E-state index < -0.39 is 0 Å². The lowest BCUT2D eigenvalue weighted by Crippen LogP contribution is -2.17.